The van der Waals surface area contributed by atoms with E-state index in [1.54, 1.807) is 0 Å². The minimum Gasteiger partial charge on any atom is -0.490 e. The molecule has 2 saturated carbocycles. The van der Waals surface area contributed by atoms with Crippen LogP contribution in [0.15, 0.2) is 24.3 Å². The second-order valence-electron chi connectivity index (χ2n) is 6.14. The quantitative estimate of drug-likeness (QED) is 0.739. The minimum absolute atomic E-state index is 0.0582. The lowest BCUT2D eigenvalue weighted by atomic mass is 9.98. The van der Waals surface area contributed by atoms with Gasteiger partial charge in [-0.05, 0) is 43.4 Å². The van der Waals surface area contributed by atoms with E-state index in [0.717, 1.165) is 30.6 Å². The molecule has 2 aliphatic rings. The molecule has 4 nitrogen and oxygen atoms in total. The fraction of sp³-hybridized carbons (Fsp3) is 0.625. The van der Waals surface area contributed by atoms with E-state index >= 15 is 0 Å². The first-order chi connectivity index (χ1) is 9.73. The van der Waals surface area contributed by atoms with Gasteiger partial charge < -0.3 is 20.3 Å². The summed E-state index contributed by atoms with van der Waals surface area (Å²) in [5.74, 6) is 0.840. The van der Waals surface area contributed by atoms with Crippen LogP contribution in [0.1, 0.15) is 37.7 Å². The minimum atomic E-state index is -0.142. The molecule has 0 spiro atoms. The smallest absolute Gasteiger partial charge is 0.119 e. The van der Waals surface area contributed by atoms with Crippen LogP contribution in [0.2, 0.25) is 0 Å². The second-order valence-corrected chi connectivity index (χ2v) is 6.14. The van der Waals surface area contributed by atoms with Crippen LogP contribution in [0.3, 0.4) is 0 Å². The Kier molecular flexibility index (Phi) is 3.96. The van der Waals surface area contributed by atoms with Gasteiger partial charge >= 0.3 is 0 Å². The number of nitrogens with one attached hydrogen (secondary N) is 1. The van der Waals surface area contributed by atoms with E-state index in [4.69, 9.17) is 9.84 Å². The molecular weight excluding hydrogens is 254 g/mol. The number of aliphatic hydroxyl groups excluding tert-OH is 2. The van der Waals surface area contributed by atoms with Gasteiger partial charge in [0.2, 0.25) is 0 Å². The van der Waals surface area contributed by atoms with Crippen LogP contribution in [0.5, 0.6) is 5.75 Å². The van der Waals surface area contributed by atoms with Crippen LogP contribution in [0, 0.1) is 0 Å². The molecule has 2 aliphatic carbocycles. The third kappa shape index (κ3) is 3.14. The summed E-state index contributed by atoms with van der Waals surface area (Å²) in [7, 11) is 0. The van der Waals surface area contributed by atoms with Crippen LogP contribution >= 0.6 is 0 Å². The highest BCUT2D eigenvalue weighted by Crippen LogP contribution is 2.35. The lowest BCUT2D eigenvalue weighted by Crippen LogP contribution is -2.48. The number of hydrogen-bond donors (Lipinski definition) is 3. The molecule has 20 heavy (non-hydrogen) atoms. The van der Waals surface area contributed by atoms with E-state index in [2.05, 4.69) is 5.32 Å². The Morgan fingerprint density at radius 2 is 1.90 bits per heavy atom. The first-order valence-electron chi connectivity index (χ1n) is 7.48. The molecule has 2 atom stereocenters. The van der Waals surface area contributed by atoms with Crippen molar-refractivity contribution in [2.75, 3.05) is 6.61 Å². The zero-order valence-electron chi connectivity index (χ0n) is 11.7. The predicted octanol–water partition coefficient (Wildman–Crippen LogP) is 1.59. The van der Waals surface area contributed by atoms with Crippen LogP contribution in [0.25, 0.3) is 0 Å². The van der Waals surface area contributed by atoms with Gasteiger partial charge in [-0.15, -0.1) is 0 Å². The summed E-state index contributed by atoms with van der Waals surface area (Å²) >= 11 is 0. The van der Waals surface area contributed by atoms with E-state index < -0.39 is 0 Å². The van der Waals surface area contributed by atoms with Gasteiger partial charge in [0.15, 0.2) is 0 Å². The first-order valence-corrected chi connectivity index (χ1v) is 7.48. The van der Waals surface area contributed by atoms with Crippen molar-refractivity contribution in [3.63, 3.8) is 0 Å². The number of rotatable bonds is 6. The topological polar surface area (TPSA) is 61.7 Å². The van der Waals surface area contributed by atoms with Gasteiger partial charge in [-0.3, -0.25) is 0 Å². The average Bonchev–Trinajstić information content (AvgIpc) is 3.20. The van der Waals surface area contributed by atoms with Gasteiger partial charge in [-0.2, -0.15) is 0 Å². The third-order valence-electron chi connectivity index (χ3n) is 4.36. The zero-order chi connectivity index (χ0) is 14.0. The molecule has 3 rings (SSSR count). The molecule has 1 aromatic rings. The van der Waals surface area contributed by atoms with E-state index in [1.165, 1.54) is 12.8 Å². The fourth-order valence-corrected chi connectivity index (χ4v) is 3.02. The van der Waals surface area contributed by atoms with E-state index in [-0.39, 0.29) is 24.9 Å². The van der Waals surface area contributed by atoms with Gasteiger partial charge in [0.05, 0.1) is 13.2 Å². The monoisotopic (exact) mass is 277 g/mol. The van der Waals surface area contributed by atoms with Crippen molar-refractivity contribution in [2.24, 2.45) is 0 Å². The maximum Gasteiger partial charge on any atom is 0.119 e. The summed E-state index contributed by atoms with van der Waals surface area (Å²) in [5.41, 5.74) is 0.750. The van der Waals surface area contributed by atoms with E-state index in [9.17, 15) is 5.11 Å². The zero-order valence-corrected chi connectivity index (χ0v) is 11.7. The molecule has 2 unspecified atom stereocenters. The van der Waals surface area contributed by atoms with Gasteiger partial charge in [-0.1, -0.05) is 12.1 Å². The number of benzene rings is 1. The summed E-state index contributed by atoms with van der Waals surface area (Å²) in [4.78, 5) is 0. The maximum atomic E-state index is 9.70. The molecule has 3 N–H and O–H groups in total. The van der Waals surface area contributed by atoms with Gasteiger partial charge in [0, 0.05) is 18.0 Å². The standard InChI is InChI=1S/C16H23NO3/c18-10-12-1-5-14(6-2-12)20-15-7-8-16(9-15,11-19)17-13-3-4-13/h1-2,5-6,13,15,17-19H,3-4,7-11H2. The van der Waals surface area contributed by atoms with E-state index in [1.807, 2.05) is 24.3 Å². The molecule has 0 bridgehead atoms. The summed E-state index contributed by atoms with van der Waals surface area (Å²) in [5, 5.41) is 22.3. The molecule has 0 amide bonds. The van der Waals surface area contributed by atoms with Crippen molar-refractivity contribution in [3.8, 4) is 5.75 Å². The fourth-order valence-electron chi connectivity index (χ4n) is 3.02. The summed E-state index contributed by atoms with van der Waals surface area (Å²) in [6, 6.07) is 8.17. The summed E-state index contributed by atoms with van der Waals surface area (Å²) in [6.07, 6.45) is 5.43. The Hall–Kier alpha value is -1.10. The molecule has 0 radical (unpaired) electrons. The Labute approximate surface area is 119 Å². The first kappa shape index (κ1) is 13.9. The highest BCUT2D eigenvalue weighted by atomic mass is 16.5. The average molecular weight is 277 g/mol. The van der Waals surface area contributed by atoms with Crippen LogP contribution in [0.4, 0.5) is 0 Å². The predicted molar refractivity (Wildman–Crippen MR) is 76.6 cm³/mol. The SMILES string of the molecule is OCc1ccc(OC2CCC(CO)(NC3CC3)C2)cc1. The van der Waals surface area contributed by atoms with Gasteiger partial charge in [-0.25, -0.2) is 0 Å². The Bertz CT molecular complexity index is 444. The highest BCUT2D eigenvalue weighted by molar-refractivity contribution is 5.27. The molecule has 110 valence electrons. The Morgan fingerprint density at radius 3 is 2.50 bits per heavy atom. The second kappa shape index (κ2) is 5.72. The largest absolute Gasteiger partial charge is 0.490 e. The molecule has 4 heteroatoms. The van der Waals surface area contributed by atoms with Gasteiger partial charge in [0.1, 0.15) is 11.9 Å². The molecule has 1 aromatic carbocycles. The Balaban J connectivity index is 1.58. The lowest BCUT2D eigenvalue weighted by molar-refractivity contribution is 0.139. The van der Waals surface area contributed by atoms with Crippen molar-refractivity contribution >= 4 is 0 Å². The molecule has 0 aromatic heterocycles. The van der Waals surface area contributed by atoms with Crippen LogP contribution < -0.4 is 10.1 Å². The normalized spacial score (nSPS) is 29.6. The third-order valence-corrected chi connectivity index (χ3v) is 4.36. The maximum absolute atomic E-state index is 9.70. The van der Waals surface area contributed by atoms with Crippen molar-refractivity contribution in [2.45, 2.75) is 56.4 Å². The van der Waals surface area contributed by atoms with Crippen molar-refractivity contribution < 1.29 is 14.9 Å². The molecule has 0 saturated heterocycles. The number of hydrogen-bond acceptors (Lipinski definition) is 4. The summed E-state index contributed by atoms with van der Waals surface area (Å²) in [6.45, 7) is 0.245. The van der Waals surface area contributed by atoms with E-state index in [0.29, 0.717) is 6.04 Å². The Morgan fingerprint density at radius 1 is 1.15 bits per heavy atom. The van der Waals surface area contributed by atoms with Gasteiger partial charge in [0.25, 0.3) is 0 Å². The number of ether oxygens (including phenoxy) is 1. The number of aliphatic hydroxyl groups is 2. The van der Waals surface area contributed by atoms with Crippen LogP contribution in [-0.2, 0) is 6.61 Å². The molecule has 2 fully saturated rings. The van der Waals surface area contributed by atoms with Crippen molar-refractivity contribution in [1.29, 1.82) is 0 Å². The molecular formula is C16H23NO3. The summed E-state index contributed by atoms with van der Waals surface area (Å²) < 4.78 is 6.00. The lowest BCUT2D eigenvalue weighted by Gasteiger charge is -2.28. The molecule has 0 heterocycles. The van der Waals surface area contributed by atoms with Crippen LogP contribution in [-0.4, -0.2) is 34.5 Å². The highest BCUT2D eigenvalue weighted by Gasteiger charge is 2.42. The van der Waals surface area contributed by atoms with Crippen molar-refractivity contribution in [3.05, 3.63) is 29.8 Å². The molecule has 0 aliphatic heterocycles. The van der Waals surface area contributed by atoms with Crippen molar-refractivity contribution in [1.82, 2.24) is 5.32 Å².